The molecule has 2 N–H and O–H groups in total. The summed E-state index contributed by atoms with van der Waals surface area (Å²) in [6, 6.07) is 0.0643. The lowest BCUT2D eigenvalue weighted by molar-refractivity contribution is -0.149. The van der Waals surface area contributed by atoms with Gasteiger partial charge in [-0.05, 0) is 64.6 Å². The van der Waals surface area contributed by atoms with Gasteiger partial charge in [0.1, 0.15) is 5.92 Å². The molecule has 0 aromatic heterocycles. The molecule has 1 aliphatic heterocycles. The predicted molar refractivity (Wildman–Crippen MR) is 80.9 cm³/mol. The molecule has 2 unspecified atom stereocenters. The highest BCUT2D eigenvalue weighted by Gasteiger charge is 2.37. The van der Waals surface area contributed by atoms with Gasteiger partial charge in [-0.15, -0.1) is 0 Å². The fourth-order valence-corrected chi connectivity index (χ4v) is 3.78. The standard InChI is InChI=1S/C16H28N2O3/c1-11(12-7-9-18(2)10-8-12)17-15(19)14(16(20)21)13-5-3-4-6-13/h11-14H,3-10H2,1-2H3,(H,17,19)(H,20,21). The molecule has 5 nitrogen and oxygen atoms in total. The normalized spacial score (nSPS) is 24.7. The van der Waals surface area contributed by atoms with Crippen LogP contribution in [0.25, 0.3) is 0 Å². The maximum atomic E-state index is 12.4. The summed E-state index contributed by atoms with van der Waals surface area (Å²) in [5, 5.41) is 12.4. The van der Waals surface area contributed by atoms with Crippen molar-refractivity contribution in [2.24, 2.45) is 17.8 Å². The number of nitrogens with zero attached hydrogens (tertiary/aromatic N) is 1. The molecule has 1 heterocycles. The molecule has 0 aromatic carbocycles. The topological polar surface area (TPSA) is 69.6 Å². The van der Waals surface area contributed by atoms with Gasteiger partial charge in [0.15, 0.2) is 0 Å². The van der Waals surface area contributed by atoms with Crippen LogP contribution in [0.15, 0.2) is 0 Å². The summed E-state index contributed by atoms with van der Waals surface area (Å²) in [6.45, 7) is 4.12. The maximum absolute atomic E-state index is 12.4. The van der Waals surface area contributed by atoms with Crippen LogP contribution >= 0.6 is 0 Å². The number of carboxylic acids is 1. The van der Waals surface area contributed by atoms with E-state index < -0.39 is 11.9 Å². The molecule has 2 fully saturated rings. The molecular formula is C16H28N2O3. The number of carboxylic acid groups (broad SMARTS) is 1. The number of rotatable bonds is 5. The van der Waals surface area contributed by atoms with Crippen LogP contribution in [0.5, 0.6) is 0 Å². The SMILES string of the molecule is CC(NC(=O)C(C(=O)O)C1CCCC1)C1CCN(C)CC1. The van der Waals surface area contributed by atoms with Gasteiger partial charge in [0, 0.05) is 6.04 Å². The van der Waals surface area contributed by atoms with Gasteiger partial charge in [-0.25, -0.2) is 0 Å². The summed E-state index contributed by atoms with van der Waals surface area (Å²) in [6.07, 6.45) is 5.97. The number of hydrogen-bond donors (Lipinski definition) is 2. The quantitative estimate of drug-likeness (QED) is 0.758. The molecule has 1 saturated carbocycles. The molecule has 2 rings (SSSR count). The van der Waals surface area contributed by atoms with Crippen molar-refractivity contribution in [1.82, 2.24) is 10.2 Å². The number of piperidine rings is 1. The van der Waals surface area contributed by atoms with Gasteiger partial charge >= 0.3 is 5.97 Å². The molecule has 2 aliphatic rings. The highest BCUT2D eigenvalue weighted by Crippen LogP contribution is 2.32. The minimum Gasteiger partial charge on any atom is -0.481 e. The van der Waals surface area contributed by atoms with Crippen molar-refractivity contribution in [1.29, 1.82) is 0 Å². The van der Waals surface area contributed by atoms with E-state index in [0.29, 0.717) is 5.92 Å². The van der Waals surface area contributed by atoms with E-state index in [1.54, 1.807) is 0 Å². The highest BCUT2D eigenvalue weighted by molar-refractivity contribution is 5.97. The molecular weight excluding hydrogens is 268 g/mol. The Balaban J connectivity index is 1.90. The van der Waals surface area contributed by atoms with E-state index in [1.165, 1.54) is 0 Å². The highest BCUT2D eigenvalue weighted by atomic mass is 16.4. The molecule has 1 amide bonds. The fraction of sp³-hybridized carbons (Fsp3) is 0.875. The van der Waals surface area contributed by atoms with E-state index in [4.69, 9.17) is 0 Å². The first-order valence-electron chi connectivity index (χ1n) is 8.20. The minimum atomic E-state index is -0.963. The number of likely N-dealkylation sites (tertiary alicyclic amines) is 1. The fourth-order valence-electron chi connectivity index (χ4n) is 3.78. The van der Waals surface area contributed by atoms with E-state index in [1.807, 2.05) is 6.92 Å². The molecule has 0 bridgehead atoms. The monoisotopic (exact) mass is 296 g/mol. The first kappa shape index (κ1) is 16.3. The Hall–Kier alpha value is -1.10. The zero-order chi connectivity index (χ0) is 15.4. The van der Waals surface area contributed by atoms with Gasteiger partial charge in [-0.2, -0.15) is 0 Å². The van der Waals surface area contributed by atoms with E-state index in [2.05, 4.69) is 17.3 Å². The lowest BCUT2D eigenvalue weighted by Crippen LogP contribution is -2.47. The van der Waals surface area contributed by atoms with Crippen molar-refractivity contribution >= 4 is 11.9 Å². The first-order chi connectivity index (χ1) is 9.99. The van der Waals surface area contributed by atoms with Crippen LogP contribution in [0.2, 0.25) is 0 Å². The second-order valence-corrected chi connectivity index (χ2v) is 6.80. The minimum absolute atomic E-state index is 0.0205. The molecule has 120 valence electrons. The molecule has 5 heteroatoms. The van der Waals surface area contributed by atoms with E-state index in [0.717, 1.165) is 51.6 Å². The van der Waals surface area contributed by atoms with Gasteiger partial charge in [0.25, 0.3) is 0 Å². The van der Waals surface area contributed by atoms with Crippen molar-refractivity contribution in [3.8, 4) is 0 Å². The lowest BCUT2D eigenvalue weighted by Gasteiger charge is -2.33. The zero-order valence-electron chi connectivity index (χ0n) is 13.2. The third-order valence-corrected chi connectivity index (χ3v) is 5.26. The van der Waals surface area contributed by atoms with Gasteiger partial charge in [0.05, 0.1) is 0 Å². The summed E-state index contributed by atoms with van der Waals surface area (Å²) in [5.41, 5.74) is 0. The summed E-state index contributed by atoms with van der Waals surface area (Å²) in [4.78, 5) is 26.1. The van der Waals surface area contributed by atoms with Crippen LogP contribution < -0.4 is 5.32 Å². The second-order valence-electron chi connectivity index (χ2n) is 6.80. The van der Waals surface area contributed by atoms with Crippen LogP contribution in [0.1, 0.15) is 45.4 Å². The Labute approximate surface area is 127 Å². The van der Waals surface area contributed by atoms with Crippen molar-refractivity contribution < 1.29 is 14.7 Å². The van der Waals surface area contributed by atoms with Crippen LogP contribution in [0, 0.1) is 17.8 Å². The third kappa shape index (κ3) is 4.19. The van der Waals surface area contributed by atoms with E-state index in [-0.39, 0.29) is 17.9 Å². The summed E-state index contributed by atoms with van der Waals surface area (Å²) in [7, 11) is 2.11. The Morgan fingerprint density at radius 1 is 1.10 bits per heavy atom. The number of nitrogens with one attached hydrogen (secondary N) is 1. The van der Waals surface area contributed by atoms with E-state index >= 15 is 0 Å². The van der Waals surface area contributed by atoms with Gasteiger partial charge in [-0.3, -0.25) is 9.59 Å². The number of carbonyl (C=O) groups excluding carboxylic acids is 1. The maximum Gasteiger partial charge on any atom is 0.316 e. The second kappa shape index (κ2) is 7.25. The van der Waals surface area contributed by atoms with Crippen molar-refractivity contribution in [3.63, 3.8) is 0 Å². The Kier molecular flexibility index (Phi) is 5.62. The molecule has 21 heavy (non-hydrogen) atoms. The Morgan fingerprint density at radius 2 is 1.67 bits per heavy atom. The zero-order valence-corrected chi connectivity index (χ0v) is 13.2. The van der Waals surface area contributed by atoms with Crippen molar-refractivity contribution in [2.75, 3.05) is 20.1 Å². The summed E-state index contributed by atoms with van der Waals surface area (Å²) in [5.74, 6) is -1.62. The molecule has 0 aromatic rings. The van der Waals surface area contributed by atoms with E-state index in [9.17, 15) is 14.7 Å². The number of hydrogen-bond acceptors (Lipinski definition) is 3. The predicted octanol–water partition coefficient (Wildman–Crippen LogP) is 1.72. The smallest absolute Gasteiger partial charge is 0.316 e. The summed E-state index contributed by atoms with van der Waals surface area (Å²) < 4.78 is 0. The van der Waals surface area contributed by atoms with Crippen LogP contribution in [-0.2, 0) is 9.59 Å². The number of amides is 1. The van der Waals surface area contributed by atoms with Crippen LogP contribution in [0.3, 0.4) is 0 Å². The average molecular weight is 296 g/mol. The Bertz CT molecular complexity index is 372. The van der Waals surface area contributed by atoms with Gasteiger partial charge in [-0.1, -0.05) is 12.8 Å². The molecule has 1 aliphatic carbocycles. The first-order valence-corrected chi connectivity index (χ1v) is 8.20. The Morgan fingerprint density at radius 3 is 2.19 bits per heavy atom. The van der Waals surface area contributed by atoms with Gasteiger partial charge in [0.2, 0.25) is 5.91 Å². The van der Waals surface area contributed by atoms with Crippen molar-refractivity contribution in [2.45, 2.75) is 51.5 Å². The number of aliphatic carboxylic acids is 1. The molecule has 0 radical (unpaired) electrons. The van der Waals surface area contributed by atoms with Crippen LogP contribution in [-0.4, -0.2) is 48.1 Å². The number of carbonyl (C=O) groups is 2. The lowest BCUT2D eigenvalue weighted by atomic mass is 9.87. The van der Waals surface area contributed by atoms with Crippen molar-refractivity contribution in [3.05, 3.63) is 0 Å². The molecule has 1 saturated heterocycles. The molecule has 2 atom stereocenters. The summed E-state index contributed by atoms with van der Waals surface area (Å²) >= 11 is 0. The molecule has 0 spiro atoms. The average Bonchev–Trinajstić information content (AvgIpc) is 2.92. The third-order valence-electron chi connectivity index (χ3n) is 5.26. The van der Waals surface area contributed by atoms with Gasteiger partial charge < -0.3 is 15.3 Å². The largest absolute Gasteiger partial charge is 0.481 e. The van der Waals surface area contributed by atoms with Crippen LogP contribution in [0.4, 0.5) is 0 Å².